The molecule has 0 spiro atoms. The molecule has 270 valence electrons. The highest BCUT2D eigenvalue weighted by atomic mass is 35.5. The lowest BCUT2D eigenvalue weighted by Gasteiger charge is -2.33. The Kier molecular flexibility index (Phi) is 11.3. The van der Waals surface area contributed by atoms with Crippen LogP contribution in [0.4, 0.5) is 30.5 Å². The fourth-order valence-corrected chi connectivity index (χ4v) is 6.74. The Bertz CT molecular complexity index is 1760. The number of piperidine rings is 1. The number of anilines is 3. The van der Waals surface area contributed by atoms with Crippen LogP contribution in [0.1, 0.15) is 62.2 Å². The van der Waals surface area contributed by atoms with E-state index in [1.807, 2.05) is 4.90 Å². The highest BCUT2D eigenvalue weighted by molar-refractivity contribution is 6.32. The molecule has 6 rings (SSSR count). The summed E-state index contributed by atoms with van der Waals surface area (Å²) in [5, 5.41) is 9.40. The second kappa shape index (κ2) is 16.0. The number of benzene rings is 2. The Morgan fingerprint density at radius 2 is 1.76 bits per heavy atom. The molecule has 0 bridgehead atoms. The summed E-state index contributed by atoms with van der Waals surface area (Å²) in [4.78, 5) is 48.4. The fraction of sp³-hybridized carbons (Fsp3) is 0.417. The summed E-state index contributed by atoms with van der Waals surface area (Å²) in [5.74, 6) is -1.09. The maximum atomic E-state index is 13.3. The molecule has 3 heterocycles. The molecule has 1 aromatic heterocycles. The van der Waals surface area contributed by atoms with Crippen molar-refractivity contribution in [2.45, 2.75) is 63.3 Å². The molecule has 2 aromatic carbocycles. The fourth-order valence-electron chi connectivity index (χ4n) is 6.52. The quantitative estimate of drug-likeness (QED) is 0.198. The molecule has 51 heavy (non-hydrogen) atoms. The van der Waals surface area contributed by atoms with Crippen LogP contribution in [0.3, 0.4) is 0 Å². The number of ether oxygens (including phenoxy) is 2. The third-order valence-electron chi connectivity index (χ3n) is 9.23. The van der Waals surface area contributed by atoms with Crippen molar-refractivity contribution >= 4 is 52.8 Å². The van der Waals surface area contributed by atoms with Gasteiger partial charge in [-0.2, -0.15) is 13.2 Å². The highest BCUT2D eigenvalue weighted by Gasteiger charge is 2.42. The van der Waals surface area contributed by atoms with Gasteiger partial charge in [0.05, 0.1) is 17.1 Å². The average Bonchev–Trinajstić information content (AvgIpc) is 3.57. The molecular formula is C36H38ClF3N6O5. The van der Waals surface area contributed by atoms with E-state index in [4.69, 9.17) is 21.1 Å². The number of hydrogen-bond donors (Lipinski definition) is 3. The van der Waals surface area contributed by atoms with Gasteiger partial charge in [-0.25, -0.2) is 14.8 Å². The van der Waals surface area contributed by atoms with Crippen molar-refractivity contribution in [3.63, 3.8) is 0 Å². The first-order valence-corrected chi connectivity index (χ1v) is 17.4. The van der Waals surface area contributed by atoms with E-state index in [-0.39, 0.29) is 30.9 Å². The van der Waals surface area contributed by atoms with Gasteiger partial charge in [-0.3, -0.25) is 9.59 Å². The summed E-state index contributed by atoms with van der Waals surface area (Å²) in [6, 6.07) is 13.1. The van der Waals surface area contributed by atoms with E-state index in [1.165, 1.54) is 18.5 Å². The third-order valence-corrected chi connectivity index (χ3v) is 9.52. The summed E-state index contributed by atoms with van der Waals surface area (Å²) < 4.78 is 49.9. The number of likely N-dealkylation sites (tertiary alicyclic amines) is 1. The van der Waals surface area contributed by atoms with Gasteiger partial charge in [0.25, 0.3) is 0 Å². The Hall–Kier alpha value is -4.85. The van der Waals surface area contributed by atoms with Crippen molar-refractivity contribution in [3.8, 4) is 5.75 Å². The molecule has 15 heteroatoms. The van der Waals surface area contributed by atoms with Crippen molar-refractivity contribution in [2.24, 2.45) is 5.92 Å². The molecule has 2 fully saturated rings. The monoisotopic (exact) mass is 726 g/mol. The minimum absolute atomic E-state index is 0.0630. The lowest BCUT2D eigenvalue weighted by atomic mass is 10.0. The van der Waals surface area contributed by atoms with E-state index < -0.39 is 24.2 Å². The molecule has 0 radical (unpaired) electrons. The lowest BCUT2D eigenvalue weighted by Crippen LogP contribution is -2.44. The van der Waals surface area contributed by atoms with E-state index in [0.29, 0.717) is 64.4 Å². The van der Waals surface area contributed by atoms with Crippen LogP contribution >= 0.6 is 11.6 Å². The van der Waals surface area contributed by atoms with Crippen LogP contribution < -0.4 is 20.7 Å². The first-order chi connectivity index (χ1) is 24.5. The number of nitrogens with zero attached hydrogens (tertiary/aromatic N) is 3. The number of halogens is 4. The van der Waals surface area contributed by atoms with E-state index in [2.05, 4.69) is 25.9 Å². The molecule has 2 aliphatic heterocycles. The second-order valence-electron chi connectivity index (χ2n) is 12.7. The molecule has 3 aromatic rings. The van der Waals surface area contributed by atoms with Crippen LogP contribution in [0.15, 0.2) is 60.4 Å². The van der Waals surface area contributed by atoms with E-state index >= 15 is 0 Å². The predicted molar refractivity (Wildman–Crippen MR) is 184 cm³/mol. The number of rotatable bonds is 10. The number of carbonyl (C=O) groups is 3. The predicted octanol–water partition coefficient (Wildman–Crippen LogP) is 6.60. The van der Waals surface area contributed by atoms with E-state index in [9.17, 15) is 27.6 Å². The molecule has 11 nitrogen and oxygen atoms in total. The largest absolute Gasteiger partial charge is 0.490 e. The zero-order chi connectivity index (χ0) is 36.0. The van der Waals surface area contributed by atoms with Crippen LogP contribution in [0.2, 0.25) is 5.02 Å². The zero-order valence-electron chi connectivity index (χ0n) is 27.7. The van der Waals surface area contributed by atoms with Crippen LogP contribution in [0, 0.1) is 5.92 Å². The second-order valence-corrected chi connectivity index (χ2v) is 13.1. The molecule has 1 saturated carbocycles. The van der Waals surface area contributed by atoms with E-state index in [1.54, 1.807) is 42.5 Å². The Labute approximate surface area is 297 Å². The van der Waals surface area contributed by atoms with Gasteiger partial charge < -0.3 is 30.3 Å². The van der Waals surface area contributed by atoms with Crippen molar-refractivity contribution in [1.29, 1.82) is 0 Å². The van der Waals surface area contributed by atoms with Crippen LogP contribution in [0.5, 0.6) is 5.75 Å². The van der Waals surface area contributed by atoms with Crippen LogP contribution in [-0.2, 0) is 19.1 Å². The van der Waals surface area contributed by atoms with Crippen molar-refractivity contribution in [2.75, 3.05) is 36.8 Å². The number of hydrogen-bond acceptors (Lipinski definition) is 9. The van der Waals surface area contributed by atoms with Gasteiger partial charge in [-0.15, -0.1) is 0 Å². The molecule has 3 aliphatic rings. The molecule has 3 N–H and O–H groups in total. The molecular weight excluding hydrogens is 689 g/mol. The van der Waals surface area contributed by atoms with Gasteiger partial charge in [0.2, 0.25) is 11.8 Å². The molecule has 1 aliphatic carbocycles. The molecule has 2 amide bonds. The topological polar surface area (TPSA) is 135 Å². The first-order valence-electron chi connectivity index (χ1n) is 17.0. The first kappa shape index (κ1) is 36.0. The number of amides is 2. The Balaban J connectivity index is 1.10. The van der Waals surface area contributed by atoms with Crippen LogP contribution in [-0.4, -0.2) is 71.1 Å². The number of fused-ring (bicyclic) bond motifs is 1. The zero-order valence-corrected chi connectivity index (χ0v) is 28.4. The summed E-state index contributed by atoms with van der Waals surface area (Å²) in [7, 11) is 0. The minimum atomic E-state index is -5.19. The number of aromatic nitrogens is 2. The number of carbonyl (C=O) groups excluding carboxylic acids is 3. The summed E-state index contributed by atoms with van der Waals surface area (Å²) >= 11 is 6.64. The van der Waals surface area contributed by atoms with Crippen molar-refractivity contribution in [3.05, 3.63) is 76.6 Å². The lowest BCUT2D eigenvalue weighted by molar-refractivity contribution is -0.205. The van der Waals surface area contributed by atoms with Gasteiger partial charge in [-0.1, -0.05) is 54.8 Å². The minimum Gasteiger partial charge on any atom is -0.489 e. The van der Waals surface area contributed by atoms with Gasteiger partial charge in [0.15, 0.2) is 0 Å². The van der Waals surface area contributed by atoms with Gasteiger partial charge in [-0.05, 0) is 49.1 Å². The third kappa shape index (κ3) is 9.09. The maximum absolute atomic E-state index is 13.3. The smallest absolute Gasteiger partial charge is 0.489 e. The van der Waals surface area contributed by atoms with Crippen molar-refractivity contribution in [1.82, 2.24) is 20.2 Å². The number of esters is 1. The molecule has 1 atom stereocenters. The molecule has 1 unspecified atom stereocenters. The SMILES string of the molecule is O=C(NCC(OC(=O)C(F)(F)F)c1ccccc1)C1=Cc2c(ncnc2Nc2ccc(OC3CCN(C(=O)C4CCCC4)CC3)c(Cl)c2)NCC1. The van der Waals surface area contributed by atoms with Crippen molar-refractivity contribution < 1.29 is 37.0 Å². The maximum Gasteiger partial charge on any atom is 0.490 e. The summed E-state index contributed by atoms with van der Waals surface area (Å²) in [6.45, 7) is 1.29. The van der Waals surface area contributed by atoms with Gasteiger partial charge in [0.1, 0.15) is 35.9 Å². The summed E-state index contributed by atoms with van der Waals surface area (Å²) in [6.07, 6.45) is 2.30. The normalized spacial score (nSPS) is 17.3. The summed E-state index contributed by atoms with van der Waals surface area (Å²) in [5.41, 5.74) is 1.69. The Morgan fingerprint density at radius 1 is 1.02 bits per heavy atom. The molecule has 1 saturated heterocycles. The van der Waals surface area contributed by atoms with E-state index in [0.717, 1.165) is 38.5 Å². The standard InChI is InChI=1S/C36H38ClF3N6O5/c37-28-19-25(10-11-29(28)50-26-13-16-46(17-14-26)34(48)23-8-4-5-9-23)45-32-27-18-24(12-15-41-31(27)43-21-44-32)33(47)42-20-30(22-6-2-1-3-7-22)51-35(49)36(38,39)40/h1-3,6-7,10-11,18-19,21,23,26,30H,4-5,8-9,12-17,20H2,(H,42,47)(H2,41,43,44,45). The van der Waals surface area contributed by atoms with Crippen LogP contribution in [0.25, 0.3) is 6.08 Å². The van der Waals surface area contributed by atoms with Gasteiger partial charge >= 0.3 is 12.1 Å². The Morgan fingerprint density at radius 3 is 2.47 bits per heavy atom. The average molecular weight is 727 g/mol. The number of nitrogens with one attached hydrogen (secondary N) is 3. The number of alkyl halides is 3. The highest BCUT2D eigenvalue weighted by Crippen LogP contribution is 2.34. The van der Waals surface area contributed by atoms with Gasteiger partial charge in [0, 0.05) is 49.7 Å².